The van der Waals surface area contributed by atoms with E-state index in [1.54, 1.807) is 0 Å². The average molecular weight is 568 g/mol. The number of nitrogens with one attached hydrogen (secondary N) is 2. The quantitative estimate of drug-likeness (QED) is 0.369. The normalized spacial score (nSPS) is 38.0. The molecule has 0 bridgehead atoms. The van der Waals surface area contributed by atoms with Crippen LogP contribution in [0.5, 0.6) is 0 Å². The van der Waals surface area contributed by atoms with Crippen LogP contribution < -0.4 is 10.6 Å². The van der Waals surface area contributed by atoms with Gasteiger partial charge in [0.1, 0.15) is 0 Å². The summed E-state index contributed by atoms with van der Waals surface area (Å²) in [5.41, 5.74) is 2.60. The number of ether oxygens (including phenoxy) is 2. The number of rotatable bonds is 10. The molecule has 6 rings (SSSR count). The van der Waals surface area contributed by atoms with Crippen molar-refractivity contribution in [3.05, 3.63) is 35.4 Å². The molecule has 2 aliphatic heterocycles. The molecule has 7 heteroatoms. The molecule has 1 aromatic carbocycles. The van der Waals surface area contributed by atoms with Crippen molar-refractivity contribution in [3.63, 3.8) is 0 Å². The summed E-state index contributed by atoms with van der Waals surface area (Å²) in [6.45, 7) is 9.34. The first-order valence-corrected chi connectivity index (χ1v) is 16.7. The lowest BCUT2D eigenvalue weighted by Crippen LogP contribution is -2.68. The first kappa shape index (κ1) is 29.6. The highest BCUT2D eigenvalue weighted by atomic mass is 16.5. The lowest BCUT2D eigenvalue weighted by Gasteiger charge is -2.55. The molecule has 5 fully saturated rings. The zero-order valence-electron chi connectivity index (χ0n) is 25.3. The van der Waals surface area contributed by atoms with Crippen LogP contribution in [0.4, 0.5) is 0 Å². The highest BCUT2D eigenvalue weighted by molar-refractivity contribution is 5.67. The van der Waals surface area contributed by atoms with Gasteiger partial charge < -0.3 is 19.5 Å². The van der Waals surface area contributed by atoms with Crippen LogP contribution in [0.25, 0.3) is 0 Å². The van der Waals surface area contributed by atoms with Gasteiger partial charge >= 0.3 is 5.97 Å². The third kappa shape index (κ3) is 7.35. The molecule has 3 aliphatic carbocycles. The Labute approximate surface area is 247 Å². The van der Waals surface area contributed by atoms with Gasteiger partial charge in [0.05, 0.1) is 31.6 Å². The van der Waals surface area contributed by atoms with E-state index in [0.717, 1.165) is 56.3 Å². The van der Waals surface area contributed by atoms with E-state index in [1.165, 1.54) is 69.2 Å². The van der Waals surface area contributed by atoms with E-state index in [9.17, 15) is 4.79 Å². The van der Waals surface area contributed by atoms with Gasteiger partial charge in [0.2, 0.25) is 0 Å². The maximum absolute atomic E-state index is 10.9. The molecule has 0 aromatic heterocycles. The summed E-state index contributed by atoms with van der Waals surface area (Å²) in [5.74, 6) is 2.73. The van der Waals surface area contributed by atoms with E-state index in [1.807, 2.05) is 0 Å². The van der Waals surface area contributed by atoms with Gasteiger partial charge in [-0.15, -0.1) is 0 Å². The molecule has 41 heavy (non-hydrogen) atoms. The summed E-state index contributed by atoms with van der Waals surface area (Å²) < 4.78 is 12.5. The fourth-order valence-corrected chi connectivity index (χ4v) is 9.00. The van der Waals surface area contributed by atoms with Crippen LogP contribution in [0.15, 0.2) is 24.3 Å². The molecule has 2 saturated heterocycles. The molecule has 3 N–H and O–H groups in total. The molecule has 0 radical (unpaired) electrons. The number of hydrogen-bond donors (Lipinski definition) is 3. The Morgan fingerprint density at radius 2 is 1.61 bits per heavy atom. The van der Waals surface area contributed by atoms with Crippen LogP contribution in [0.1, 0.15) is 82.3 Å². The van der Waals surface area contributed by atoms with Crippen molar-refractivity contribution in [2.24, 2.45) is 29.6 Å². The number of likely N-dealkylation sites (tertiary alicyclic amines) is 1. The minimum Gasteiger partial charge on any atom is -0.481 e. The maximum atomic E-state index is 10.9. The fourth-order valence-electron chi connectivity index (χ4n) is 9.00. The standard InChI is InChI=1S/C34H53N3O4/c1-22-3-5-24(6-4-22)21-41-28-8-10-30-27(20-28)7-9-31-33(35-23(2)36-34(30)31)26-11-13-37(14-12-26)15-16-40-29-17-25(18-29)19-32(38)39/h3-6,23,25-31,33-36H,7-21H2,1-2H3,(H,38,39). The lowest BCUT2D eigenvalue weighted by molar-refractivity contribution is -0.140. The molecule has 5 aliphatic rings. The summed E-state index contributed by atoms with van der Waals surface area (Å²) in [7, 11) is 0. The Morgan fingerprint density at radius 1 is 0.878 bits per heavy atom. The summed E-state index contributed by atoms with van der Waals surface area (Å²) in [5, 5.41) is 17.0. The van der Waals surface area contributed by atoms with Crippen LogP contribution in [0.3, 0.4) is 0 Å². The van der Waals surface area contributed by atoms with Crippen molar-refractivity contribution >= 4 is 5.97 Å². The Morgan fingerprint density at radius 3 is 2.37 bits per heavy atom. The Bertz CT molecular complexity index is 990. The minimum atomic E-state index is -0.681. The van der Waals surface area contributed by atoms with Gasteiger partial charge in [0, 0.05) is 25.0 Å². The van der Waals surface area contributed by atoms with Gasteiger partial charge in [-0.3, -0.25) is 15.4 Å². The largest absolute Gasteiger partial charge is 0.481 e. The maximum Gasteiger partial charge on any atom is 0.303 e. The second-order valence-corrected chi connectivity index (χ2v) is 14.1. The van der Waals surface area contributed by atoms with E-state index < -0.39 is 5.97 Å². The zero-order chi connectivity index (χ0) is 28.3. The number of piperidine rings is 1. The number of aryl methyl sites for hydroxylation is 1. The van der Waals surface area contributed by atoms with Crippen molar-refractivity contribution in [1.29, 1.82) is 0 Å². The van der Waals surface area contributed by atoms with Crippen LogP contribution in [0, 0.1) is 36.5 Å². The van der Waals surface area contributed by atoms with E-state index in [-0.39, 0.29) is 6.10 Å². The predicted octanol–water partition coefficient (Wildman–Crippen LogP) is 4.96. The third-order valence-corrected chi connectivity index (χ3v) is 11.3. The first-order valence-electron chi connectivity index (χ1n) is 16.7. The molecule has 2 heterocycles. The van der Waals surface area contributed by atoms with Gasteiger partial charge in [-0.2, -0.15) is 0 Å². The van der Waals surface area contributed by atoms with Crippen molar-refractivity contribution in [2.75, 3.05) is 26.2 Å². The summed E-state index contributed by atoms with van der Waals surface area (Å²) >= 11 is 0. The fraction of sp³-hybridized carbons (Fsp3) is 0.794. The second kappa shape index (κ2) is 13.4. The topological polar surface area (TPSA) is 83.1 Å². The SMILES string of the molecule is Cc1ccc(COC2CCC3C(CCC4C(C5CCN(CCOC6CC(CC(=O)O)C6)CC5)NC(C)NC34)C2)cc1. The van der Waals surface area contributed by atoms with Gasteiger partial charge in [-0.25, -0.2) is 0 Å². The number of carboxylic acids is 1. The van der Waals surface area contributed by atoms with Crippen LogP contribution in [0.2, 0.25) is 0 Å². The number of fused-ring (bicyclic) bond motifs is 3. The Hall–Kier alpha value is -1.51. The molecule has 7 nitrogen and oxygen atoms in total. The monoisotopic (exact) mass is 567 g/mol. The van der Waals surface area contributed by atoms with Crippen molar-refractivity contribution in [3.8, 4) is 0 Å². The lowest BCUT2D eigenvalue weighted by atomic mass is 9.60. The Kier molecular flexibility index (Phi) is 9.67. The molecule has 0 spiro atoms. The number of carbonyl (C=O) groups is 1. The van der Waals surface area contributed by atoms with E-state index in [4.69, 9.17) is 14.6 Å². The summed E-state index contributed by atoms with van der Waals surface area (Å²) in [6, 6.07) is 10.1. The molecule has 3 saturated carbocycles. The zero-order valence-corrected chi connectivity index (χ0v) is 25.3. The number of aliphatic carboxylic acids is 1. The van der Waals surface area contributed by atoms with Crippen LogP contribution in [-0.2, 0) is 20.9 Å². The molecule has 0 amide bonds. The van der Waals surface area contributed by atoms with Crippen molar-refractivity contribution in [2.45, 2.75) is 115 Å². The van der Waals surface area contributed by atoms with E-state index in [2.05, 4.69) is 53.6 Å². The van der Waals surface area contributed by atoms with Gasteiger partial charge in [0.25, 0.3) is 0 Å². The number of nitrogens with zero attached hydrogens (tertiary/aromatic N) is 1. The van der Waals surface area contributed by atoms with Gasteiger partial charge in [-0.05, 0) is 120 Å². The molecular weight excluding hydrogens is 514 g/mol. The summed E-state index contributed by atoms with van der Waals surface area (Å²) in [4.78, 5) is 13.4. The van der Waals surface area contributed by atoms with Gasteiger partial charge in [0.15, 0.2) is 0 Å². The molecule has 1 aromatic rings. The third-order valence-electron chi connectivity index (χ3n) is 11.3. The molecular formula is C34H53N3O4. The predicted molar refractivity (Wildman–Crippen MR) is 161 cm³/mol. The van der Waals surface area contributed by atoms with E-state index >= 15 is 0 Å². The number of hydrogen-bond acceptors (Lipinski definition) is 6. The number of benzene rings is 1. The number of carboxylic acid groups (broad SMARTS) is 1. The molecule has 228 valence electrons. The van der Waals surface area contributed by atoms with Gasteiger partial charge in [-0.1, -0.05) is 29.8 Å². The molecule has 7 atom stereocenters. The highest BCUT2D eigenvalue weighted by Gasteiger charge is 2.49. The molecule has 7 unspecified atom stereocenters. The van der Waals surface area contributed by atoms with Crippen LogP contribution in [-0.4, -0.2) is 72.7 Å². The second-order valence-electron chi connectivity index (χ2n) is 14.1. The first-order chi connectivity index (χ1) is 19.9. The highest BCUT2D eigenvalue weighted by Crippen LogP contribution is 2.47. The summed E-state index contributed by atoms with van der Waals surface area (Å²) in [6.07, 6.45) is 12.2. The minimum absolute atomic E-state index is 0.277. The average Bonchev–Trinajstić information content (AvgIpc) is 2.95. The van der Waals surface area contributed by atoms with Crippen LogP contribution >= 0.6 is 0 Å². The van der Waals surface area contributed by atoms with Crippen molar-refractivity contribution < 1.29 is 19.4 Å². The smallest absolute Gasteiger partial charge is 0.303 e. The Balaban J connectivity index is 0.940. The van der Waals surface area contributed by atoms with E-state index in [0.29, 0.717) is 36.7 Å². The van der Waals surface area contributed by atoms with Crippen molar-refractivity contribution in [1.82, 2.24) is 15.5 Å².